The molecule has 1 N–H and O–H groups in total. The fourth-order valence-corrected chi connectivity index (χ4v) is 8.18. The van der Waals surface area contributed by atoms with Crippen molar-refractivity contribution in [3.05, 3.63) is 192 Å². The highest BCUT2D eigenvalue weighted by Gasteiger charge is 2.28. The van der Waals surface area contributed by atoms with Gasteiger partial charge in [0.25, 0.3) is 0 Å². The third kappa shape index (κ3) is 4.32. The molecular weight excluding hydrogens is 595 g/mol. The number of nitrogens with zero attached hydrogens (tertiary/aromatic N) is 2. The quantitative estimate of drug-likeness (QED) is 0.207. The molecule has 1 aliphatic heterocycles. The molecule has 2 unspecified atom stereocenters. The van der Waals surface area contributed by atoms with Crippen LogP contribution in [0, 0.1) is 0 Å². The SMILES string of the molecule is CC1c2ccccc2-c2c3c1cccc3cc1c2c2ccccc2n1-c1cccc(C2N=C(c3ccccc3)C=C(c3ccccc3)N2)c1. The zero-order valence-electron chi connectivity index (χ0n) is 27.1. The van der Waals surface area contributed by atoms with Gasteiger partial charge in [0.2, 0.25) is 0 Å². The molecule has 3 nitrogen and oxygen atoms in total. The van der Waals surface area contributed by atoms with Gasteiger partial charge in [-0.2, -0.15) is 0 Å². The van der Waals surface area contributed by atoms with Crippen LogP contribution in [0.3, 0.4) is 0 Å². The predicted molar refractivity (Wildman–Crippen MR) is 205 cm³/mol. The molecule has 49 heavy (non-hydrogen) atoms. The number of hydrogen-bond donors (Lipinski definition) is 1. The molecule has 3 heteroatoms. The van der Waals surface area contributed by atoms with Crippen LogP contribution in [0.5, 0.6) is 0 Å². The number of aromatic nitrogens is 1. The standard InChI is InChI=1S/C46H33N3/c1-29-35-21-8-9-22-37(35)45-43-32(18-13-24-36(29)43)27-42-44(45)38-23-10-11-25-41(38)49(42)34-20-12-19-33(26-34)46-47-39(30-14-4-2-5-15-30)28-40(48-46)31-16-6-3-7-17-31/h2-29,46-47H,1H3. The van der Waals surface area contributed by atoms with Gasteiger partial charge in [0.05, 0.1) is 16.7 Å². The molecule has 232 valence electrons. The molecule has 2 heterocycles. The highest BCUT2D eigenvalue weighted by Crippen LogP contribution is 2.50. The van der Waals surface area contributed by atoms with Crippen LogP contribution in [0.4, 0.5) is 0 Å². The van der Waals surface area contributed by atoms with Crippen LogP contribution in [0.2, 0.25) is 0 Å². The first-order valence-corrected chi connectivity index (χ1v) is 17.1. The number of para-hydroxylation sites is 1. The Morgan fingerprint density at radius 2 is 1.31 bits per heavy atom. The van der Waals surface area contributed by atoms with E-state index in [1.54, 1.807) is 0 Å². The molecule has 0 amide bonds. The van der Waals surface area contributed by atoms with E-state index in [4.69, 9.17) is 4.99 Å². The molecule has 0 saturated heterocycles. The molecule has 0 bridgehead atoms. The number of fused-ring (bicyclic) bond motifs is 6. The van der Waals surface area contributed by atoms with Crippen molar-refractivity contribution in [1.29, 1.82) is 0 Å². The van der Waals surface area contributed by atoms with E-state index in [0.717, 1.165) is 33.8 Å². The topological polar surface area (TPSA) is 29.3 Å². The molecule has 0 radical (unpaired) electrons. The van der Waals surface area contributed by atoms with E-state index in [0.29, 0.717) is 5.92 Å². The second-order valence-corrected chi connectivity index (χ2v) is 13.2. The van der Waals surface area contributed by atoms with Gasteiger partial charge < -0.3 is 9.88 Å². The zero-order chi connectivity index (χ0) is 32.5. The van der Waals surface area contributed by atoms with Gasteiger partial charge in [0, 0.05) is 33.6 Å². The Hall–Kier alpha value is -6.19. The van der Waals surface area contributed by atoms with Gasteiger partial charge in [0.15, 0.2) is 0 Å². The molecule has 2 atom stereocenters. The lowest BCUT2D eigenvalue weighted by Gasteiger charge is -2.27. The fraction of sp³-hybridized carbons (Fsp3) is 0.0652. The Kier molecular flexibility index (Phi) is 6.22. The molecule has 10 rings (SSSR count). The van der Waals surface area contributed by atoms with Crippen LogP contribution >= 0.6 is 0 Å². The Morgan fingerprint density at radius 3 is 2.16 bits per heavy atom. The number of rotatable bonds is 4. The van der Waals surface area contributed by atoms with Gasteiger partial charge in [-0.15, -0.1) is 0 Å². The van der Waals surface area contributed by atoms with Gasteiger partial charge >= 0.3 is 0 Å². The Labute approximate surface area is 285 Å². The highest BCUT2D eigenvalue weighted by atomic mass is 15.1. The van der Waals surface area contributed by atoms with Crippen LogP contribution < -0.4 is 5.32 Å². The van der Waals surface area contributed by atoms with Crippen molar-refractivity contribution in [2.75, 3.05) is 0 Å². The van der Waals surface area contributed by atoms with Gasteiger partial charge in [-0.25, -0.2) is 0 Å². The summed E-state index contributed by atoms with van der Waals surface area (Å²) in [6.07, 6.45) is 1.92. The molecule has 0 spiro atoms. The smallest absolute Gasteiger partial charge is 0.145 e. The normalized spacial score (nSPS) is 16.7. The molecular formula is C46H33N3. The van der Waals surface area contributed by atoms with Crippen LogP contribution in [-0.2, 0) is 0 Å². The minimum atomic E-state index is -0.249. The van der Waals surface area contributed by atoms with Crippen molar-refractivity contribution in [1.82, 2.24) is 9.88 Å². The summed E-state index contributed by atoms with van der Waals surface area (Å²) >= 11 is 0. The van der Waals surface area contributed by atoms with E-state index in [9.17, 15) is 0 Å². The number of aliphatic imine (C=N–C) groups is 1. The number of nitrogens with one attached hydrogen (secondary N) is 1. The van der Waals surface area contributed by atoms with Crippen LogP contribution in [0.1, 0.15) is 46.8 Å². The summed E-state index contributed by atoms with van der Waals surface area (Å²) in [5, 5.41) is 9.02. The highest BCUT2D eigenvalue weighted by molar-refractivity contribution is 6.24. The third-order valence-corrected chi connectivity index (χ3v) is 10.4. The summed E-state index contributed by atoms with van der Waals surface area (Å²) in [6, 6.07) is 57.0. The third-order valence-electron chi connectivity index (χ3n) is 10.4. The lowest BCUT2D eigenvalue weighted by Crippen LogP contribution is -2.25. The lowest BCUT2D eigenvalue weighted by molar-refractivity contribution is 0.663. The van der Waals surface area contributed by atoms with E-state index >= 15 is 0 Å². The van der Waals surface area contributed by atoms with Crippen LogP contribution in [0.15, 0.2) is 169 Å². The molecule has 0 fully saturated rings. The lowest BCUT2D eigenvalue weighted by atomic mass is 9.76. The first-order valence-electron chi connectivity index (χ1n) is 17.1. The monoisotopic (exact) mass is 627 g/mol. The van der Waals surface area contributed by atoms with E-state index in [-0.39, 0.29) is 6.17 Å². The zero-order valence-corrected chi connectivity index (χ0v) is 27.1. The molecule has 0 saturated carbocycles. The minimum absolute atomic E-state index is 0.249. The molecule has 1 aromatic heterocycles. The van der Waals surface area contributed by atoms with E-state index in [1.807, 2.05) is 0 Å². The second kappa shape index (κ2) is 10.9. The van der Waals surface area contributed by atoms with Crippen molar-refractivity contribution in [2.24, 2.45) is 4.99 Å². The van der Waals surface area contributed by atoms with Gasteiger partial charge in [-0.1, -0.05) is 140 Å². The summed E-state index contributed by atoms with van der Waals surface area (Å²) in [5.41, 5.74) is 14.4. The minimum Gasteiger partial charge on any atom is -0.360 e. The second-order valence-electron chi connectivity index (χ2n) is 13.2. The molecule has 8 aromatic rings. The van der Waals surface area contributed by atoms with Crippen molar-refractivity contribution in [3.63, 3.8) is 0 Å². The van der Waals surface area contributed by atoms with Crippen molar-refractivity contribution in [2.45, 2.75) is 19.0 Å². The maximum atomic E-state index is 5.28. The van der Waals surface area contributed by atoms with E-state index in [2.05, 4.69) is 181 Å². The number of hydrogen-bond acceptors (Lipinski definition) is 2. The van der Waals surface area contributed by atoms with Crippen molar-refractivity contribution < 1.29 is 0 Å². The van der Waals surface area contributed by atoms with Gasteiger partial charge in [-0.05, 0) is 74.5 Å². The van der Waals surface area contributed by atoms with Crippen molar-refractivity contribution >= 4 is 44.0 Å². The molecule has 2 aliphatic rings. The largest absolute Gasteiger partial charge is 0.360 e. The fourth-order valence-electron chi connectivity index (χ4n) is 8.18. The van der Waals surface area contributed by atoms with Gasteiger partial charge in [-0.3, -0.25) is 4.99 Å². The van der Waals surface area contributed by atoms with Crippen molar-refractivity contribution in [3.8, 4) is 16.8 Å². The molecule has 7 aromatic carbocycles. The van der Waals surface area contributed by atoms with E-state index in [1.165, 1.54) is 54.8 Å². The number of benzene rings is 7. The maximum Gasteiger partial charge on any atom is 0.145 e. The summed E-state index contributed by atoms with van der Waals surface area (Å²) in [4.78, 5) is 5.28. The summed E-state index contributed by atoms with van der Waals surface area (Å²) < 4.78 is 2.45. The Bertz CT molecular complexity index is 2640. The van der Waals surface area contributed by atoms with E-state index < -0.39 is 0 Å². The summed E-state index contributed by atoms with van der Waals surface area (Å²) in [5.74, 6) is 0.342. The average Bonchev–Trinajstić information content (AvgIpc) is 3.51. The Morgan fingerprint density at radius 1 is 0.592 bits per heavy atom. The summed E-state index contributed by atoms with van der Waals surface area (Å²) in [7, 11) is 0. The van der Waals surface area contributed by atoms with Crippen LogP contribution in [-0.4, -0.2) is 10.3 Å². The van der Waals surface area contributed by atoms with Gasteiger partial charge in [0.1, 0.15) is 6.17 Å². The molecule has 1 aliphatic carbocycles. The predicted octanol–water partition coefficient (Wildman–Crippen LogP) is 11.2. The Balaban J connectivity index is 1.20. The maximum absolute atomic E-state index is 5.28. The first kappa shape index (κ1) is 27.9. The number of allylic oxidation sites excluding steroid dienone is 1. The average molecular weight is 628 g/mol. The van der Waals surface area contributed by atoms with Crippen LogP contribution in [0.25, 0.3) is 55.1 Å². The summed E-state index contributed by atoms with van der Waals surface area (Å²) in [6.45, 7) is 2.35. The first-order chi connectivity index (χ1) is 24.2.